The molecule has 2 fully saturated rings. The van der Waals surface area contributed by atoms with Gasteiger partial charge in [0.15, 0.2) is 0 Å². The van der Waals surface area contributed by atoms with Gasteiger partial charge < -0.3 is 15.0 Å². The largest absolute Gasteiger partial charge is 0.379 e. The molecule has 3 rings (SSSR count). The average molecular weight is 386 g/mol. The van der Waals surface area contributed by atoms with Crippen molar-refractivity contribution in [2.75, 3.05) is 51.3 Å². The van der Waals surface area contributed by atoms with Crippen molar-refractivity contribution >= 4 is 40.7 Å². The zero-order valence-electron chi connectivity index (χ0n) is 13.8. The van der Waals surface area contributed by atoms with Crippen molar-refractivity contribution < 1.29 is 14.3 Å². The fraction of sp³-hybridized carbons (Fsp3) is 0.529. The molecular formula is C17H21Cl2N3O3. The molecule has 1 aromatic carbocycles. The lowest BCUT2D eigenvalue weighted by Crippen LogP contribution is -2.42. The van der Waals surface area contributed by atoms with E-state index in [1.54, 1.807) is 23.1 Å². The van der Waals surface area contributed by atoms with E-state index >= 15 is 0 Å². The molecule has 2 aliphatic heterocycles. The molecule has 25 heavy (non-hydrogen) atoms. The summed E-state index contributed by atoms with van der Waals surface area (Å²) in [5.74, 6) is -0.552. The number of hydrogen-bond donors (Lipinski definition) is 1. The first-order chi connectivity index (χ1) is 12.0. The third kappa shape index (κ3) is 4.85. The van der Waals surface area contributed by atoms with Gasteiger partial charge in [-0.1, -0.05) is 23.2 Å². The minimum Gasteiger partial charge on any atom is -0.379 e. The molecule has 136 valence electrons. The first-order valence-corrected chi connectivity index (χ1v) is 9.12. The van der Waals surface area contributed by atoms with Crippen molar-refractivity contribution in [1.82, 2.24) is 9.80 Å². The Morgan fingerprint density at radius 2 is 2.00 bits per heavy atom. The Balaban J connectivity index is 1.52. The Labute approximate surface area is 157 Å². The number of carbonyl (C=O) groups is 2. The molecule has 0 aliphatic carbocycles. The number of hydrogen-bond acceptors (Lipinski definition) is 4. The molecule has 2 aliphatic rings. The molecule has 0 radical (unpaired) electrons. The van der Waals surface area contributed by atoms with Gasteiger partial charge in [-0.15, -0.1) is 0 Å². The molecule has 1 atom stereocenters. The van der Waals surface area contributed by atoms with Gasteiger partial charge in [0.2, 0.25) is 11.8 Å². The van der Waals surface area contributed by atoms with Gasteiger partial charge in [0, 0.05) is 44.2 Å². The van der Waals surface area contributed by atoms with Crippen molar-refractivity contribution in [1.29, 1.82) is 0 Å². The van der Waals surface area contributed by atoms with Gasteiger partial charge >= 0.3 is 0 Å². The smallest absolute Gasteiger partial charge is 0.229 e. The lowest BCUT2D eigenvalue weighted by Gasteiger charge is -2.28. The molecule has 8 heteroatoms. The van der Waals surface area contributed by atoms with Gasteiger partial charge in [0.25, 0.3) is 0 Å². The number of morpholine rings is 1. The SMILES string of the molecule is O=C(Nc1cc(Cl)ccc1Cl)C1CC(=O)N(CCN2CCOCC2)C1. The summed E-state index contributed by atoms with van der Waals surface area (Å²) >= 11 is 12.0. The van der Waals surface area contributed by atoms with Crippen LogP contribution in [0.4, 0.5) is 5.69 Å². The third-order valence-electron chi connectivity index (χ3n) is 4.56. The van der Waals surface area contributed by atoms with Crippen molar-refractivity contribution in [2.24, 2.45) is 5.92 Å². The Kier molecular flexibility index (Phi) is 6.17. The molecule has 1 N–H and O–H groups in total. The van der Waals surface area contributed by atoms with Crippen LogP contribution >= 0.6 is 23.2 Å². The van der Waals surface area contributed by atoms with Gasteiger partial charge in [-0.2, -0.15) is 0 Å². The van der Waals surface area contributed by atoms with Gasteiger partial charge in [-0.3, -0.25) is 14.5 Å². The number of carbonyl (C=O) groups excluding carboxylic acids is 2. The van der Waals surface area contributed by atoms with Crippen molar-refractivity contribution in [3.63, 3.8) is 0 Å². The van der Waals surface area contributed by atoms with E-state index in [1.807, 2.05) is 0 Å². The molecule has 1 aromatic rings. The van der Waals surface area contributed by atoms with Crippen molar-refractivity contribution in [3.8, 4) is 0 Å². The average Bonchev–Trinajstić information content (AvgIpc) is 2.98. The maximum absolute atomic E-state index is 12.5. The lowest BCUT2D eigenvalue weighted by molar-refractivity contribution is -0.128. The maximum Gasteiger partial charge on any atom is 0.229 e. The van der Waals surface area contributed by atoms with Crippen LogP contribution in [0.2, 0.25) is 10.0 Å². The minimum absolute atomic E-state index is 0.0191. The number of nitrogens with one attached hydrogen (secondary N) is 1. The molecule has 2 amide bonds. The van der Waals surface area contributed by atoms with Crippen molar-refractivity contribution in [3.05, 3.63) is 28.2 Å². The zero-order chi connectivity index (χ0) is 17.8. The molecule has 1 unspecified atom stereocenters. The molecule has 0 aromatic heterocycles. The first-order valence-electron chi connectivity index (χ1n) is 8.37. The van der Waals surface area contributed by atoms with Gasteiger partial charge in [0.1, 0.15) is 0 Å². The summed E-state index contributed by atoms with van der Waals surface area (Å²) < 4.78 is 5.32. The first kappa shape index (κ1) is 18.5. The van der Waals surface area contributed by atoms with Crippen LogP contribution in [0, 0.1) is 5.92 Å². The summed E-state index contributed by atoms with van der Waals surface area (Å²) in [6, 6.07) is 4.90. The van der Waals surface area contributed by atoms with E-state index in [-0.39, 0.29) is 24.2 Å². The summed E-state index contributed by atoms with van der Waals surface area (Å²) in [4.78, 5) is 28.7. The van der Waals surface area contributed by atoms with Crippen LogP contribution in [-0.2, 0) is 14.3 Å². The summed E-state index contributed by atoms with van der Waals surface area (Å²) in [7, 11) is 0. The van der Waals surface area contributed by atoms with Crippen LogP contribution < -0.4 is 5.32 Å². The van der Waals surface area contributed by atoms with Crippen LogP contribution in [0.15, 0.2) is 18.2 Å². The Hall–Kier alpha value is -1.34. The van der Waals surface area contributed by atoms with E-state index in [0.717, 1.165) is 32.8 Å². The van der Waals surface area contributed by atoms with Crippen molar-refractivity contribution in [2.45, 2.75) is 6.42 Å². The van der Waals surface area contributed by atoms with Crippen LogP contribution in [0.3, 0.4) is 0 Å². The molecular weight excluding hydrogens is 365 g/mol. The number of halogens is 2. The fourth-order valence-corrected chi connectivity index (χ4v) is 3.42. The Morgan fingerprint density at radius 3 is 2.76 bits per heavy atom. The molecule has 2 heterocycles. The Bertz CT molecular complexity index is 650. The predicted molar refractivity (Wildman–Crippen MR) is 97.0 cm³/mol. The van der Waals surface area contributed by atoms with E-state index in [1.165, 1.54) is 0 Å². The number of rotatable bonds is 5. The second kappa shape index (κ2) is 8.36. The maximum atomic E-state index is 12.5. The summed E-state index contributed by atoms with van der Waals surface area (Å²) in [5, 5.41) is 3.70. The number of benzene rings is 1. The molecule has 6 nitrogen and oxygen atoms in total. The van der Waals surface area contributed by atoms with Gasteiger partial charge in [-0.05, 0) is 18.2 Å². The molecule has 2 saturated heterocycles. The Morgan fingerprint density at radius 1 is 1.24 bits per heavy atom. The zero-order valence-corrected chi connectivity index (χ0v) is 15.4. The summed E-state index contributed by atoms with van der Waals surface area (Å²) in [5.41, 5.74) is 0.471. The second-order valence-corrected chi connectivity index (χ2v) is 7.15. The predicted octanol–water partition coefficient (Wildman–Crippen LogP) is 2.11. The lowest BCUT2D eigenvalue weighted by atomic mass is 10.1. The van der Waals surface area contributed by atoms with E-state index in [4.69, 9.17) is 27.9 Å². The van der Waals surface area contributed by atoms with Crippen LogP contribution in [0.25, 0.3) is 0 Å². The number of ether oxygens (including phenoxy) is 1. The van der Waals surface area contributed by atoms with Crippen LogP contribution in [0.1, 0.15) is 6.42 Å². The minimum atomic E-state index is -0.368. The van der Waals surface area contributed by atoms with E-state index in [0.29, 0.717) is 28.8 Å². The highest BCUT2D eigenvalue weighted by Crippen LogP contribution is 2.27. The third-order valence-corrected chi connectivity index (χ3v) is 5.13. The van der Waals surface area contributed by atoms with Gasteiger partial charge in [0.05, 0.1) is 29.8 Å². The quantitative estimate of drug-likeness (QED) is 0.842. The number of anilines is 1. The highest BCUT2D eigenvalue weighted by molar-refractivity contribution is 6.35. The number of nitrogens with zero attached hydrogens (tertiary/aromatic N) is 2. The molecule has 0 spiro atoms. The topological polar surface area (TPSA) is 61.9 Å². The highest BCUT2D eigenvalue weighted by Gasteiger charge is 2.34. The highest BCUT2D eigenvalue weighted by atomic mass is 35.5. The van der Waals surface area contributed by atoms with Gasteiger partial charge in [-0.25, -0.2) is 0 Å². The monoisotopic (exact) mass is 385 g/mol. The number of likely N-dealkylation sites (tertiary alicyclic amines) is 1. The van der Waals surface area contributed by atoms with Crippen LogP contribution in [-0.4, -0.2) is 67.6 Å². The van der Waals surface area contributed by atoms with Crippen LogP contribution in [0.5, 0.6) is 0 Å². The summed E-state index contributed by atoms with van der Waals surface area (Å²) in [6.45, 7) is 5.13. The van der Waals surface area contributed by atoms with E-state index in [2.05, 4.69) is 10.2 Å². The standard InChI is InChI=1S/C17H21Cl2N3O3/c18-13-1-2-14(19)15(10-13)20-17(24)12-9-16(23)22(11-12)4-3-21-5-7-25-8-6-21/h1-2,10,12H,3-9,11H2,(H,20,24). The van der Waals surface area contributed by atoms with E-state index < -0.39 is 0 Å². The normalized spacial score (nSPS) is 21.6. The number of amides is 2. The second-order valence-electron chi connectivity index (χ2n) is 6.31. The molecule has 0 saturated carbocycles. The molecule has 0 bridgehead atoms. The summed E-state index contributed by atoms with van der Waals surface area (Å²) in [6.07, 6.45) is 0.229. The fourth-order valence-electron chi connectivity index (χ4n) is 3.08. The van der Waals surface area contributed by atoms with E-state index in [9.17, 15) is 9.59 Å².